The van der Waals surface area contributed by atoms with Crippen LogP contribution in [-0.4, -0.2) is 86.7 Å². The molecule has 1 N–H and O–H groups in total. The summed E-state index contributed by atoms with van der Waals surface area (Å²) in [5.41, 5.74) is 0. The number of carbonyl (C=O) groups is 1. The second kappa shape index (κ2) is 26.8. The molecule has 12 heteroatoms. The molecule has 0 amide bonds. The fraction of sp³-hybridized carbons (Fsp3) is 0.941. The first kappa shape index (κ1) is 31.6. The lowest BCUT2D eigenvalue weighted by atomic mass is 10.5. The van der Waals surface area contributed by atoms with E-state index in [4.69, 9.17) is 5.11 Å². The minimum atomic E-state index is -0.737. The summed E-state index contributed by atoms with van der Waals surface area (Å²) in [4.78, 5) is 11.8. The van der Waals surface area contributed by atoms with E-state index in [9.17, 15) is 9.00 Å². The smallest absolute Gasteiger partial charge is 0.189 e. The standard InChI is InChI=1S/C17H34O3S9/c1-2-21-13-26-16-25-7-8-28-17(19)4-6-24-15-27-14-23-5-3-10-29(20)11-9-22-12-18/h18H,2-16H2,1H3. The maximum atomic E-state index is 11.8. The Labute approximate surface area is 214 Å². The number of aliphatic hydroxyl groups is 1. The van der Waals surface area contributed by atoms with Gasteiger partial charge >= 0.3 is 0 Å². The largest absolute Gasteiger partial charge is 0.386 e. The van der Waals surface area contributed by atoms with E-state index in [0.717, 1.165) is 56.2 Å². The highest BCUT2D eigenvalue weighted by Crippen LogP contribution is 2.21. The van der Waals surface area contributed by atoms with E-state index in [1.807, 2.05) is 70.6 Å². The number of hydrogen-bond acceptors (Lipinski definition) is 11. The molecule has 0 aliphatic heterocycles. The van der Waals surface area contributed by atoms with Crippen LogP contribution in [0.1, 0.15) is 19.8 Å². The Morgan fingerprint density at radius 2 is 1.41 bits per heavy atom. The van der Waals surface area contributed by atoms with Gasteiger partial charge in [-0.3, -0.25) is 9.00 Å². The van der Waals surface area contributed by atoms with Crippen LogP contribution in [0.3, 0.4) is 0 Å². The van der Waals surface area contributed by atoms with E-state index in [0.29, 0.717) is 17.3 Å². The molecule has 0 spiro atoms. The van der Waals surface area contributed by atoms with E-state index >= 15 is 0 Å². The van der Waals surface area contributed by atoms with Gasteiger partial charge in [0.1, 0.15) is 0 Å². The van der Waals surface area contributed by atoms with E-state index < -0.39 is 10.8 Å². The molecule has 0 fully saturated rings. The zero-order valence-corrected chi connectivity index (χ0v) is 24.4. The number of thioether (sulfide) groups is 8. The first-order valence-electron chi connectivity index (χ1n) is 9.36. The van der Waals surface area contributed by atoms with Crippen molar-refractivity contribution >= 4 is 110 Å². The van der Waals surface area contributed by atoms with Gasteiger partial charge in [0.2, 0.25) is 0 Å². The van der Waals surface area contributed by atoms with Crippen LogP contribution in [0.5, 0.6) is 0 Å². The molecule has 0 saturated carbocycles. The minimum Gasteiger partial charge on any atom is -0.386 e. The van der Waals surface area contributed by atoms with Crippen LogP contribution in [-0.2, 0) is 15.6 Å². The highest BCUT2D eigenvalue weighted by Gasteiger charge is 2.03. The normalized spacial score (nSPS) is 12.3. The van der Waals surface area contributed by atoms with Crippen molar-refractivity contribution in [1.29, 1.82) is 0 Å². The second-order valence-corrected chi connectivity index (χ2v) is 17.3. The van der Waals surface area contributed by atoms with Gasteiger partial charge in [0, 0.05) is 72.1 Å². The SMILES string of the molecule is CCSCSCSCCSC(=O)CCSCSCSCCCS(=O)CCSCO. The van der Waals surface area contributed by atoms with Crippen molar-refractivity contribution in [3.05, 3.63) is 0 Å². The molecule has 0 heterocycles. The molecule has 0 aliphatic carbocycles. The molecule has 0 aromatic carbocycles. The minimum absolute atomic E-state index is 0.117. The van der Waals surface area contributed by atoms with Crippen LogP contribution in [0.25, 0.3) is 0 Å². The van der Waals surface area contributed by atoms with Crippen molar-refractivity contribution in [3.63, 3.8) is 0 Å². The summed E-state index contributed by atoms with van der Waals surface area (Å²) in [6.45, 7) is 2.19. The van der Waals surface area contributed by atoms with Gasteiger partial charge in [0.25, 0.3) is 0 Å². The van der Waals surface area contributed by atoms with Gasteiger partial charge in [-0.15, -0.1) is 35.3 Å². The Kier molecular flexibility index (Phi) is 29.2. The third kappa shape index (κ3) is 26.7. The first-order valence-corrected chi connectivity index (χ1v) is 19.9. The fourth-order valence-corrected chi connectivity index (χ4v) is 11.7. The molecular formula is C17H34O3S9. The van der Waals surface area contributed by atoms with Crippen molar-refractivity contribution in [2.24, 2.45) is 0 Å². The number of hydrogen-bond donors (Lipinski definition) is 1. The molecule has 29 heavy (non-hydrogen) atoms. The van der Waals surface area contributed by atoms with E-state index in [-0.39, 0.29) is 5.94 Å². The maximum absolute atomic E-state index is 11.8. The zero-order chi connectivity index (χ0) is 21.4. The molecule has 0 radical (unpaired) electrons. The van der Waals surface area contributed by atoms with Gasteiger partial charge in [0.05, 0.1) is 5.94 Å². The molecule has 1 unspecified atom stereocenters. The van der Waals surface area contributed by atoms with Crippen molar-refractivity contribution in [1.82, 2.24) is 0 Å². The lowest BCUT2D eigenvalue weighted by Gasteiger charge is -2.04. The average molecular weight is 575 g/mol. The van der Waals surface area contributed by atoms with Gasteiger partial charge in [0.15, 0.2) is 5.12 Å². The lowest BCUT2D eigenvalue weighted by molar-refractivity contribution is -0.110. The highest BCUT2D eigenvalue weighted by molar-refractivity contribution is 8.23. The first-order chi connectivity index (χ1) is 14.2. The lowest BCUT2D eigenvalue weighted by Crippen LogP contribution is -2.06. The molecular weight excluding hydrogens is 541 g/mol. The van der Waals surface area contributed by atoms with E-state index in [2.05, 4.69) is 6.92 Å². The van der Waals surface area contributed by atoms with Gasteiger partial charge in [-0.1, -0.05) is 18.7 Å². The summed E-state index contributed by atoms with van der Waals surface area (Å²) < 4.78 is 11.7. The molecule has 174 valence electrons. The summed E-state index contributed by atoms with van der Waals surface area (Å²) in [7, 11) is -0.737. The molecule has 1 atom stereocenters. The van der Waals surface area contributed by atoms with Gasteiger partial charge in [-0.2, -0.15) is 47.0 Å². The summed E-state index contributed by atoms with van der Waals surface area (Å²) in [5.74, 6) is 7.52. The second-order valence-electron chi connectivity index (χ2n) is 5.31. The Balaban J connectivity index is 3.22. The van der Waals surface area contributed by atoms with Crippen LogP contribution in [0.2, 0.25) is 0 Å². The summed E-state index contributed by atoms with van der Waals surface area (Å²) in [5, 5.41) is 13.4. The maximum Gasteiger partial charge on any atom is 0.189 e. The molecule has 3 nitrogen and oxygen atoms in total. The molecule has 0 rings (SSSR count). The molecule has 0 aliphatic rings. The quantitative estimate of drug-likeness (QED) is 0.121. The number of aliphatic hydroxyl groups excluding tert-OH is 1. The molecule has 0 aromatic rings. The molecule has 0 saturated heterocycles. The third-order valence-electron chi connectivity index (χ3n) is 3.02. The van der Waals surface area contributed by atoms with Crippen LogP contribution >= 0.6 is 94.1 Å². The van der Waals surface area contributed by atoms with Crippen LogP contribution in [0, 0.1) is 0 Å². The van der Waals surface area contributed by atoms with Crippen molar-refractivity contribution < 1.29 is 14.1 Å². The number of rotatable bonds is 23. The fourth-order valence-electron chi connectivity index (χ4n) is 1.65. The van der Waals surface area contributed by atoms with E-state index in [1.165, 1.54) is 34.4 Å². The molecule has 0 bridgehead atoms. The molecule has 0 aromatic heterocycles. The summed E-state index contributed by atoms with van der Waals surface area (Å²) in [6.07, 6.45) is 1.67. The van der Waals surface area contributed by atoms with Crippen molar-refractivity contribution in [2.75, 3.05) is 72.3 Å². The van der Waals surface area contributed by atoms with E-state index in [1.54, 1.807) is 0 Å². The van der Waals surface area contributed by atoms with Gasteiger partial charge in [-0.05, 0) is 17.9 Å². The predicted octanol–water partition coefficient (Wildman–Crippen LogP) is 5.71. The monoisotopic (exact) mass is 574 g/mol. The Bertz CT molecular complexity index is 389. The Hall–Kier alpha value is 2.58. The van der Waals surface area contributed by atoms with Gasteiger partial charge < -0.3 is 5.11 Å². The zero-order valence-electron chi connectivity index (χ0n) is 17.0. The highest BCUT2D eigenvalue weighted by atomic mass is 32.2. The predicted molar refractivity (Wildman–Crippen MR) is 154 cm³/mol. The van der Waals surface area contributed by atoms with Crippen LogP contribution in [0.15, 0.2) is 0 Å². The van der Waals surface area contributed by atoms with Gasteiger partial charge in [-0.25, -0.2) is 0 Å². The van der Waals surface area contributed by atoms with Crippen molar-refractivity contribution in [2.45, 2.75) is 19.8 Å². The van der Waals surface area contributed by atoms with Crippen LogP contribution < -0.4 is 0 Å². The summed E-state index contributed by atoms with van der Waals surface area (Å²) >= 11 is 14.5. The number of carbonyl (C=O) groups excluding carboxylic acids is 1. The van der Waals surface area contributed by atoms with Crippen LogP contribution in [0.4, 0.5) is 0 Å². The topological polar surface area (TPSA) is 54.4 Å². The average Bonchev–Trinajstić information content (AvgIpc) is 2.71. The van der Waals surface area contributed by atoms with Crippen molar-refractivity contribution in [3.8, 4) is 0 Å². The Morgan fingerprint density at radius 3 is 2.10 bits per heavy atom. The summed E-state index contributed by atoms with van der Waals surface area (Å²) in [6, 6.07) is 0. The Morgan fingerprint density at radius 1 is 0.759 bits per heavy atom. The third-order valence-corrected chi connectivity index (χ3v) is 13.9.